The van der Waals surface area contributed by atoms with Crippen LogP contribution in [-0.4, -0.2) is 66.2 Å². The molecule has 0 radical (unpaired) electrons. The third-order valence-electron chi connectivity index (χ3n) is 4.77. The number of nitrogens with one attached hydrogen (secondary N) is 1. The van der Waals surface area contributed by atoms with Gasteiger partial charge in [0.05, 0.1) is 12.7 Å². The fraction of sp³-hybridized carbons (Fsp3) is 0.556. The van der Waals surface area contributed by atoms with Crippen LogP contribution in [0, 0.1) is 5.92 Å². The third-order valence-corrected chi connectivity index (χ3v) is 4.77. The van der Waals surface area contributed by atoms with Gasteiger partial charge in [-0.15, -0.1) is 6.58 Å². The van der Waals surface area contributed by atoms with Gasteiger partial charge in [0, 0.05) is 57.6 Å². The summed E-state index contributed by atoms with van der Waals surface area (Å²) in [5.41, 5.74) is 1.01. The minimum Gasteiger partial charge on any atom is -0.375 e. The fourth-order valence-corrected chi connectivity index (χ4v) is 3.44. The van der Waals surface area contributed by atoms with E-state index in [4.69, 9.17) is 4.74 Å². The lowest BCUT2D eigenvalue weighted by atomic mass is 9.93. The number of rotatable bonds is 4. The Bertz CT molecular complexity index is 551. The number of fused-ring (bicyclic) bond motifs is 1. The van der Waals surface area contributed by atoms with Crippen LogP contribution in [0.3, 0.4) is 0 Å². The quantitative estimate of drug-likeness (QED) is 0.850. The molecular formula is C18H26N4O2. The second-order valence-electron chi connectivity index (χ2n) is 6.47. The lowest BCUT2D eigenvalue weighted by Gasteiger charge is -2.37. The smallest absolute Gasteiger partial charge is 0.317 e. The predicted octanol–water partition coefficient (Wildman–Crippen LogP) is 1.50. The molecule has 130 valence electrons. The highest BCUT2D eigenvalue weighted by atomic mass is 16.5. The first-order valence-electron chi connectivity index (χ1n) is 8.63. The Hall–Kier alpha value is -1.92. The maximum absolute atomic E-state index is 12.4. The summed E-state index contributed by atoms with van der Waals surface area (Å²) in [4.78, 5) is 20.7. The molecule has 3 heterocycles. The van der Waals surface area contributed by atoms with E-state index < -0.39 is 0 Å². The molecule has 3 rings (SSSR count). The lowest BCUT2D eigenvalue weighted by Crippen LogP contribution is -2.51. The molecule has 0 aliphatic carbocycles. The number of urea groups is 1. The monoisotopic (exact) mass is 330 g/mol. The van der Waals surface area contributed by atoms with Crippen LogP contribution in [-0.2, 0) is 11.3 Å². The van der Waals surface area contributed by atoms with Crippen molar-refractivity contribution in [2.45, 2.75) is 19.1 Å². The zero-order valence-corrected chi connectivity index (χ0v) is 14.1. The third kappa shape index (κ3) is 4.33. The Morgan fingerprint density at radius 2 is 2.38 bits per heavy atom. The first kappa shape index (κ1) is 16.9. The molecule has 2 atom stereocenters. The molecule has 1 aromatic heterocycles. The summed E-state index contributed by atoms with van der Waals surface area (Å²) in [5.74, 6) is 0.495. The van der Waals surface area contributed by atoms with Crippen molar-refractivity contribution in [1.29, 1.82) is 0 Å². The number of pyridine rings is 1. The van der Waals surface area contributed by atoms with E-state index in [0.29, 0.717) is 19.0 Å². The Morgan fingerprint density at radius 3 is 3.17 bits per heavy atom. The highest BCUT2D eigenvalue weighted by Gasteiger charge is 2.34. The number of likely N-dealkylation sites (tertiary alicyclic amines) is 1. The number of ether oxygens (including phenoxy) is 1. The average molecular weight is 330 g/mol. The molecule has 2 aliphatic heterocycles. The molecule has 6 heteroatoms. The number of aromatic nitrogens is 1. The van der Waals surface area contributed by atoms with Gasteiger partial charge in [-0.1, -0.05) is 12.1 Å². The molecule has 0 unspecified atom stereocenters. The maximum atomic E-state index is 12.4. The molecular weight excluding hydrogens is 304 g/mol. The second kappa shape index (κ2) is 8.26. The molecule has 2 saturated heterocycles. The van der Waals surface area contributed by atoms with Crippen molar-refractivity contribution in [2.75, 3.05) is 39.3 Å². The van der Waals surface area contributed by atoms with Crippen LogP contribution in [0.1, 0.15) is 12.0 Å². The van der Waals surface area contributed by atoms with E-state index in [-0.39, 0.29) is 12.1 Å². The summed E-state index contributed by atoms with van der Waals surface area (Å²) in [6, 6.07) is 3.82. The highest BCUT2D eigenvalue weighted by molar-refractivity contribution is 5.74. The van der Waals surface area contributed by atoms with E-state index in [1.807, 2.05) is 23.1 Å². The first-order valence-corrected chi connectivity index (χ1v) is 8.63. The van der Waals surface area contributed by atoms with E-state index in [0.717, 1.165) is 44.8 Å². The van der Waals surface area contributed by atoms with Gasteiger partial charge >= 0.3 is 6.03 Å². The number of piperidine rings is 1. The predicted molar refractivity (Wildman–Crippen MR) is 92.5 cm³/mol. The Balaban J connectivity index is 1.51. The van der Waals surface area contributed by atoms with Crippen molar-refractivity contribution in [2.24, 2.45) is 5.92 Å². The van der Waals surface area contributed by atoms with Gasteiger partial charge in [-0.2, -0.15) is 0 Å². The molecule has 2 fully saturated rings. The summed E-state index contributed by atoms with van der Waals surface area (Å²) in [6.45, 7) is 9.38. The van der Waals surface area contributed by atoms with Crippen molar-refractivity contribution in [3.63, 3.8) is 0 Å². The molecule has 0 aromatic carbocycles. The van der Waals surface area contributed by atoms with Crippen LogP contribution >= 0.6 is 0 Å². The zero-order chi connectivity index (χ0) is 16.8. The zero-order valence-electron chi connectivity index (χ0n) is 14.1. The van der Waals surface area contributed by atoms with Crippen molar-refractivity contribution in [1.82, 2.24) is 20.1 Å². The number of carbonyl (C=O) groups is 1. The van der Waals surface area contributed by atoms with Crippen LogP contribution in [0.2, 0.25) is 0 Å². The largest absolute Gasteiger partial charge is 0.375 e. The second-order valence-corrected chi connectivity index (χ2v) is 6.47. The Labute approximate surface area is 143 Å². The van der Waals surface area contributed by atoms with Crippen LogP contribution in [0.15, 0.2) is 37.2 Å². The number of hydrogen-bond acceptors (Lipinski definition) is 4. The van der Waals surface area contributed by atoms with Gasteiger partial charge in [0.2, 0.25) is 0 Å². The fourth-order valence-electron chi connectivity index (χ4n) is 3.44. The Morgan fingerprint density at radius 1 is 1.46 bits per heavy atom. The summed E-state index contributed by atoms with van der Waals surface area (Å²) in [6.07, 6.45) is 6.57. The molecule has 1 aromatic rings. The minimum atomic E-state index is -0.0203. The summed E-state index contributed by atoms with van der Waals surface area (Å²) < 4.78 is 6.02. The van der Waals surface area contributed by atoms with Crippen LogP contribution < -0.4 is 5.32 Å². The van der Waals surface area contributed by atoms with Gasteiger partial charge in [-0.05, 0) is 18.1 Å². The maximum Gasteiger partial charge on any atom is 0.317 e. The van der Waals surface area contributed by atoms with Crippen LogP contribution in [0.4, 0.5) is 4.79 Å². The van der Waals surface area contributed by atoms with Crippen molar-refractivity contribution in [3.05, 3.63) is 42.7 Å². The van der Waals surface area contributed by atoms with Gasteiger partial charge in [0.1, 0.15) is 0 Å². The number of amides is 2. The number of hydrogen-bond donors (Lipinski definition) is 1. The van der Waals surface area contributed by atoms with E-state index in [9.17, 15) is 4.79 Å². The van der Waals surface area contributed by atoms with Crippen LogP contribution in [0.25, 0.3) is 0 Å². The van der Waals surface area contributed by atoms with Crippen molar-refractivity contribution >= 4 is 6.03 Å². The Kier molecular flexibility index (Phi) is 5.82. The van der Waals surface area contributed by atoms with Gasteiger partial charge in [0.15, 0.2) is 0 Å². The van der Waals surface area contributed by atoms with Gasteiger partial charge in [0.25, 0.3) is 0 Å². The molecule has 0 bridgehead atoms. The summed E-state index contributed by atoms with van der Waals surface area (Å²) in [5, 5.41) is 2.98. The van der Waals surface area contributed by atoms with Gasteiger partial charge in [-0.3, -0.25) is 9.88 Å². The van der Waals surface area contributed by atoms with Crippen molar-refractivity contribution < 1.29 is 9.53 Å². The SMILES string of the molecule is C=CCN1CCO[C@H]2CN(C(=O)NCc3cccnc3)CC[C@H]2C1. The van der Waals surface area contributed by atoms with E-state index in [1.165, 1.54) is 0 Å². The van der Waals surface area contributed by atoms with Gasteiger partial charge < -0.3 is 15.0 Å². The number of nitrogens with zero attached hydrogens (tertiary/aromatic N) is 3. The molecule has 2 aliphatic rings. The molecule has 24 heavy (non-hydrogen) atoms. The molecule has 1 N–H and O–H groups in total. The molecule has 0 saturated carbocycles. The van der Waals surface area contributed by atoms with Crippen molar-refractivity contribution in [3.8, 4) is 0 Å². The lowest BCUT2D eigenvalue weighted by molar-refractivity contribution is -0.0111. The highest BCUT2D eigenvalue weighted by Crippen LogP contribution is 2.24. The summed E-state index contributed by atoms with van der Waals surface area (Å²) in [7, 11) is 0. The average Bonchev–Trinajstić information content (AvgIpc) is 2.82. The van der Waals surface area contributed by atoms with E-state index >= 15 is 0 Å². The van der Waals surface area contributed by atoms with Crippen LogP contribution in [0.5, 0.6) is 0 Å². The number of carbonyl (C=O) groups excluding carboxylic acids is 1. The van der Waals surface area contributed by atoms with Gasteiger partial charge in [-0.25, -0.2) is 4.79 Å². The van der Waals surface area contributed by atoms with E-state index in [2.05, 4.69) is 21.8 Å². The molecule has 6 nitrogen and oxygen atoms in total. The topological polar surface area (TPSA) is 57.7 Å². The molecule has 0 spiro atoms. The molecule has 2 amide bonds. The standard InChI is InChI=1S/C18H26N4O2/c1-2-7-21-9-10-24-17-14-22(8-5-16(17)13-21)18(23)20-12-15-4-3-6-19-11-15/h2-4,6,11,16-17H,1,5,7-10,12-14H2,(H,20,23)/t16-,17-/m0/s1. The summed E-state index contributed by atoms with van der Waals surface area (Å²) >= 11 is 0. The minimum absolute atomic E-state index is 0.0203. The normalized spacial score (nSPS) is 24.8. The first-order chi connectivity index (χ1) is 11.8. The van der Waals surface area contributed by atoms with E-state index in [1.54, 1.807) is 12.4 Å².